The molecule has 5 heteroatoms. The Balaban J connectivity index is 2.20. The number of carbonyl (C=O) groups is 1. The van der Waals surface area contributed by atoms with E-state index in [1.54, 1.807) is 7.05 Å². The summed E-state index contributed by atoms with van der Waals surface area (Å²) in [6.45, 7) is 0.436. The molecule has 0 bridgehead atoms. The van der Waals surface area contributed by atoms with Gasteiger partial charge in [0.05, 0.1) is 5.02 Å². The lowest BCUT2D eigenvalue weighted by Crippen LogP contribution is -2.31. The van der Waals surface area contributed by atoms with E-state index in [0.29, 0.717) is 11.6 Å². The van der Waals surface area contributed by atoms with Crippen LogP contribution in [0.25, 0.3) is 0 Å². The van der Waals surface area contributed by atoms with Gasteiger partial charge in [0.25, 0.3) is 11.5 Å². The van der Waals surface area contributed by atoms with Crippen molar-refractivity contribution in [2.75, 3.05) is 7.05 Å². The molecule has 0 aliphatic rings. The van der Waals surface area contributed by atoms with Gasteiger partial charge in [-0.1, -0.05) is 41.9 Å². The summed E-state index contributed by atoms with van der Waals surface area (Å²) >= 11 is 5.78. The molecule has 1 N–H and O–H groups in total. The average molecular weight is 277 g/mol. The number of rotatable bonds is 3. The highest BCUT2D eigenvalue weighted by atomic mass is 35.5. The Hall–Kier alpha value is -2.07. The quantitative estimate of drug-likeness (QED) is 0.935. The molecule has 2 aromatic rings. The number of nitrogens with zero attached hydrogens (tertiary/aromatic N) is 1. The van der Waals surface area contributed by atoms with E-state index in [9.17, 15) is 9.59 Å². The molecule has 19 heavy (non-hydrogen) atoms. The maximum atomic E-state index is 12.2. The fourth-order valence-electron chi connectivity index (χ4n) is 1.75. The lowest BCUT2D eigenvalue weighted by atomic mass is 10.2. The van der Waals surface area contributed by atoms with Gasteiger partial charge in [0.1, 0.15) is 5.56 Å². The van der Waals surface area contributed by atoms with Crippen molar-refractivity contribution in [1.29, 1.82) is 0 Å². The van der Waals surface area contributed by atoms with Gasteiger partial charge in [-0.15, -0.1) is 0 Å². The van der Waals surface area contributed by atoms with Crippen molar-refractivity contribution >= 4 is 17.5 Å². The minimum absolute atomic E-state index is 0.0472. The van der Waals surface area contributed by atoms with Gasteiger partial charge in [-0.3, -0.25) is 9.59 Å². The van der Waals surface area contributed by atoms with Gasteiger partial charge in [0.2, 0.25) is 0 Å². The van der Waals surface area contributed by atoms with Crippen molar-refractivity contribution < 1.29 is 4.79 Å². The highest BCUT2D eigenvalue weighted by molar-refractivity contribution is 6.30. The molecule has 0 unspecified atom stereocenters. The first-order valence-corrected chi connectivity index (χ1v) is 6.13. The molecule has 1 amide bonds. The highest BCUT2D eigenvalue weighted by Crippen LogP contribution is 2.09. The van der Waals surface area contributed by atoms with E-state index in [0.717, 1.165) is 5.56 Å². The molecule has 98 valence electrons. The SMILES string of the molecule is CN(Cc1ccccc1)C(=O)c1cc(Cl)c[nH]c1=O. The van der Waals surface area contributed by atoms with Crippen LogP contribution in [0, 0.1) is 0 Å². The fraction of sp³-hybridized carbons (Fsp3) is 0.143. The summed E-state index contributed by atoms with van der Waals surface area (Å²) in [7, 11) is 1.65. The van der Waals surface area contributed by atoms with E-state index in [-0.39, 0.29) is 11.5 Å². The number of benzene rings is 1. The number of pyridine rings is 1. The van der Waals surface area contributed by atoms with E-state index in [1.807, 2.05) is 30.3 Å². The largest absolute Gasteiger partial charge is 0.337 e. The first kappa shape index (κ1) is 13.4. The number of hydrogen-bond acceptors (Lipinski definition) is 2. The van der Waals surface area contributed by atoms with Crippen LogP contribution < -0.4 is 5.56 Å². The molecule has 0 saturated carbocycles. The minimum Gasteiger partial charge on any atom is -0.337 e. The Morgan fingerprint density at radius 3 is 2.68 bits per heavy atom. The van der Waals surface area contributed by atoms with Gasteiger partial charge in [-0.05, 0) is 11.6 Å². The van der Waals surface area contributed by atoms with E-state index < -0.39 is 5.56 Å². The van der Waals surface area contributed by atoms with Crippen LogP contribution in [0.3, 0.4) is 0 Å². The van der Waals surface area contributed by atoms with Crippen LogP contribution in [0.1, 0.15) is 15.9 Å². The first-order chi connectivity index (χ1) is 9.08. The van der Waals surface area contributed by atoms with Crippen molar-refractivity contribution in [2.24, 2.45) is 0 Å². The number of nitrogens with one attached hydrogen (secondary N) is 1. The second-order valence-corrected chi connectivity index (χ2v) is 4.64. The summed E-state index contributed by atoms with van der Waals surface area (Å²) in [6, 6.07) is 10.9. The third kappa shape index (κ3) is 3.23. The number of carbonyl (C=O) groups excluding carboxylic acids is 1. The summed E-state index contributed by atoms with van der Waals surface area (Å²) in [4.78, 5) is 27.7. The lowest BCUT2D eigenvalue weighted by Gasteiger charge is -2.16. The second kappa shape index (κ2) is 5.71. The zero-order valence-electron chi connectivity index (χ0n) is 10.4. The Labute approximate surface area is 115 Å². The van der Waals surface area contributed by atoms with Crippen molar-refractivity contribution in [3.05, 3.63) is 69.1 Å². The fourth-order valence-corrected chi connectivity index (χ4v) is 1.91. The average Bonchev–Trinajstić information content (AvgIpc) is 2.42. The van der Waals surface area contributed by atoms with E-state index in [4.69, 9.17) is 11.6 Å². The van der Waals surface area contributed by atoms with Gasteiger partial charge in [-0.2, -0.15) is 0 Å². The second-order valence-electron chi connectivity index (χ2n) is 4.21. The molecule has 0 radical (unpaired) electrons. The van der Waals surface area contributed by atoms with Crippen molar-refractivity contribution in [2.45, 2.75) is 6.54 Å². The summed E-state index contributed by atoms with van der Waals surface area (Å²) in [5.74, 6) is -0.354. The van der Waals surface area contributed by atoms with Crippen molar-refractivity contribution in [3.8, 4) is 0 Å². The predicted molar refractivity (Wildman–Crippen MR) is 74.3 cm³/mol. The van der Waals surface area contributed by atoms with Crippen LogP contribution in [-0.4, -0.2) is 22.8 Å². The number of aromatic nitrogens is 1. The van der Waals surface area contributed by atoms with Crippen molar-refractivity contribution in [3.63, 3.8) is 0 Å². The Morgan fingerprint density at radius 1 is 1.32 bits per heavy atom. The molecule has 0 fully saturated rings. The molecule has 0 saturated heterocycles. The number of H-pyrrole nitrogens is 1. The van der Waals surface area contributed by atoms with Crippen LogP contribution in [0.2, 0.25) is 5.02 Å². The predicted octanol–water partition coefficient (Wildman–Crippen LogP) is 2.30. The number of hydrogen-bond donors (Lipinski definition) is 1. The normalized spacial score (nSPS) is 10.2. The van der Waals surface area contributed by atoms with Gasteiger partial charge < -0.3 is 9.88 Å². The summed E-state index contributed by atoms with van der Waals surface area (Å²) in [6.07, 6.45) is 1.36. The number of amides is 1. The van der Waals surface area contributed by atoms with Crippen LogP contribution >= 0.6 is 11.6 Å². The van der Waals surface area contributed by atoms with Crippen molar-refractivity contribution in [1.82, 2.24) is 9.88 Å². The standard InChI is InChI=1S/C14H13ClN2O2/c1-17(9-10-5-3-2-4-6-10)14(19)12-7-11(15)8-16-13(12)18/h2-8H,9H2,1H3,(H,16,18). The zero-order chi connectivity index (χ0) is 13.8. The van der Waals surface area contributed by atoms with E-state index in [1.165, 1.54) is 17.2 Å². The van der Waals surface area contributed by atoms with Gasteiger partial charge in [0, 0.05) is 19.8 Å². The molecule has 4 nitrogen and oxygen atoms in total. The zero-order valence-corrected chi connectivity index (χ0v) is 11.1. The Kier molecular flexibility index (Phi) is 4.02. The lowest BCUT2D eigenvalue weighted by molar-refractivity contribution is 0.0783. The van der Waals surface area contributed by atoms with Crippen LogP contribution in [0.4, 0.5) is 0 Å². The molecule has 0 aliphatic heterocycles. The molecule has 1 heterocycles. The third-order valence-electron chi connectivity index (χ3n) is 2.71. The summed E-state index contributed by atoms with van der Waals surface area (Å²) in [5, 5.41) is 0.330. The monoisotopic (exact) mass is 276 g/mol. The van der Waals surface area contributed by atoms with Gasteiger partial charge >= 0.3 is 0 Å². The van der Waals surface area contributed by atoms with Crippen LogP contribution in [0.5, 0.6) is 0 Å². The number of aromatic amines is 1. The van der Waals surface area contributed by atoms with E-state index in [2.05, 4.69) is 4.98 Å². The van der Waals surface area contributed by atoms with Crippen LogP contribution in [0.15, 0.2) is 47.4 Å². The molecule has 0 spiro atoms. The molecule has 1 aromatic carbocycles. The maximum absolute atomic E-state index is 12.2. The molecule has 0 atom stereocenters. The maximum Gasteiger partial charge on any atom is 0.260 e. The molecule has 0 aliphatic carbocycles. The third-order valence-corrected chi connectivity index (χ3v) is 2.93. The Bertz CT molecular complexity index is 637. The topological polar surface area (TPSA) is 53.2 Å². The van der Waals surface area contributed by atoms with E-state index >= 15 is 0 Å². The van der Waals surface area contributed by atoms with Crippen LogP contribution in [-0.2, 0) is 6.54 Å². The number of halogens is 1. The summed E-state index contributed by atoms with van der Waals surface area (Å²) in [5.41, 5.74) is 0.608. The van der Waals surface area contributed by atoms with Gasteiger partial charge in [0.15, 0.2) is 0 Å². The van der Waals surface area contributed by atoms with Gasteiger partial charge in [-0.25, -0.2) is 0 Å². The first-order valence-electron chi connectivity index (χ1n) is 5.75. The smallest absolute Gasteiger partial charge is 0.260 e. The molecule has 2 rings (SSSR count). The molecular formula is C14H13ClN2O2. The molecule has 1 aromatic heterocycles. The highest BCUT2D eigenvalue weighted by Gasteiger charge is 2.16. The minimum atomic E-state index is -0.436. The summed E-state index contributed by atoms with van der Waals surface area (Å²) < 4.78 is 0. The molecular weight excluding hydrogens is 264 g/mol. The Morgan fingerprint density at radius 2 is 2.00 bits per heavy atom.